The summed E-state index contributed by atoms with van der Waals surface area (Å²) in [6.45, 7) is 4.53. The second-order valence-corrected chi connectivity index (χ2v) is 12.3. The molecule has 0 aliphatic carbocycles. The van der Waals surface area contributed by atoms with Gasteiger partial charge in [0.2, 0.25) is 12.2 Å². The van der Waals surface area contributed by atoms with Crippen molar-refractivity contribution < 1.29 is 23.8 Å². The Morgan fingerprint density at radius 2 is 1.76 bits per heavy atom. The number of nitro groups is 1. The van der Waals surface area contributed by atoms with E-state index in [-0.39, 0.29) is 17.9 Å². The van der Waals surface area contributed by atoms with Crippen molar-refractivity contribution in [2.24, 2.45) is 0 Å². The van der Waals surface area contributed by atoms with E-state index in [2.05, 4.69) is 10.4 Å². The van der Waals surface area contributed by atoms with Crippen LogP contribution >= 0.6 is 11.6 Å². The lowest BCUT2D eigenvalue weighted by Gasteiger charge is -2.35. The molecule has 0 fully saturated rings. The number of halogens is 1. The summed E-state index contributed by atoms with van der Waals surface area (Å²) in [5.74, 6) is 1.04. The molecule has 10 nitrogen and oxygen atoms in total. The summed E-state index contributed by atoms with van der Waals surface area (Å²) in [6, 6.07) is 27.7. The van der Waals surface area contributed by atoms with Gasteiger partial charge in [0.05, 0.1) is 11.5 Å². The molecule has 0 saturated carbocycles. The Morgan fingerprint density at radius 1 is 1.04 bits per heavy atom. The summed E-state index contributed by atoms with van der Waals surface area (Å²) in [5, 5.41) is 20.7. The number of carbonyl (C=O) groups is 2. The summed E-state index contributed by atoms with van der Waals surface area (Å²) in [4.78, 5) is 42.3. The highest BCUT2D eigenvalue weighted by atomic mass is 35.5. The standard InChI is InChI=1S/C38H35ClN5O5/c1-3-5-21-42-32-20-17-28(39)22-30(32)38(37(42)46,31(23-40)36(45)49-4-2)35(27-15-18-29(19-16-27)44(47)48)43-25-41(24-26-11-7-6-8-12-26)33-13-9-10-14-34(33)43/h6-20,22,25,35,40H,3-5,21,24H2,1-2H3/q+1. The van der Waals surface area contributed by atoms with Crippen molar-refractivity contribution in [3.05, 3.63) is 141 Å². The average Bonchev–Trinajstić information content (AvgIpc) is 3.57. The molecule has 2 unspecified atom stereocenters. The summed E-state index contributed by atoms with van der Waals surface area (Å²) in [6.07, 6.45) is 3.38. The molecule has 11 heteroatoms. The molecule has 4 aromatic carbocycles. The van der Waals surface area contributed by atoms with Gasteiger partial charge < -0.3 is 9.64 Å². The van der Waals surface area contributed by atoms with Gasteiger partial charge in [-0.15, -0.1) is 0 Å². The Hall–Kier alpha value is -5.57. The third-order valence-electron chi connectivity index (χ3n) is 9.03. The number of non-ortho nitro benzene ring substituents is 1. The maximum atomic E-state index is 15.4. The number of nitrogens with one attached hydrogen (secondary N) is 1. The molecule has 5 aromatic rings. The fourth-order valence-corrected chi connectivity index (χ4v) is 7.07. The zero-order valence-corrected chi connectivity index (χ0v) is 27.9. The molecule has 0 bridgehead atoms. The number of hydrogen-bond acceptors (Lipinski definition) is 6. The van der Waals surface area contributed by atoms with E-state index in [1.165, 1.54) is 12.1 Å². The average molecular weight is 677 g/mol. The number of imidazole rings is 1. The number of aromatic nitrogens is 2. The first-order chi connectivity index (χ1) is 23.8. The molecular formula is C38H35ClN5O5+. The maximum absolute atomic E-state index is 15.4. The van der Waals surface area contributed by atoms with Crippen molar-refractivity contribution in [2.45, 2.75) is 44.7 Å². The third kappa shape index (κ3) is 5.79. The molecule has 6 rings (SSSR count). The summed E-state index contributed by atoms with van der Waals surface area (Å²) < 4.78 is 9.50. The SMILES string of the molecule is CCCCN1C(=O)C(C(=C=N)C(=O)OCC)(C(c2ccc([N+](=O)[O-])cc2)n2c[n+](Cc3ccccc3)c3ccccc32)c2cc(Cl)ccc21. The molecular weight excluding hydrogens is 642 g/mol. The monoisotopic (exact) mass is 676 g/mol. The molecule has 2 heterocycles. The fraction of sp³-hybridized carbons (Fsp3) is 0.237. The first-order valence-electron chi connectivity index (χ1n) is 16.1. The van der Waals surface area contributed by atoms with E-state index in [1.54, 1.807) is 42.2 Å². The van der Waals surface area contributed by atoms with Crippen LogP contribution in [0, 0.1) is 15.5 Å². The number of ether oxygens (including phenoxy) is 1. The van der Waals surface area contributed by atoms with Gasteiger partial charge in [0, 0.05) is 35.0 Å². The summed E-state index contributed by atoms with van der Waals surface area (Å²) in [7, 11) is 0. The van der Waals surface area contributed by atoms with E-state index in [0.717, 1.165) is 23.0 Å². The number of nitrogens with zero attached hydrogens (tertiary/aromatic N) is 4. The lowest BCUT2D eigenvalue weighted by Crippen LogP contribution is -2.50. The van der Waals surface area contributed by atoms with E-state index < -0.39 is 28.3 Å². The Kier molecular flexibility index (Phi) is 9.44. The van der Waals surface area contributed by atoms with E-state index >= 15 is 4.79 Å². The van der Waals surface area contributed by atoms with E-state index in [0.29, 0.717) is 41.3 Å². The van der Waals surface area contributed by atoms with Crippen molar-refractivity contribution in [3.63, 3.8) is 0 Å². The predicted octanol–water partition coefficient (Wildman–Crippen LogP) is 6.95. The number of anilines is 1. The van der Waals surface area contributed by atoms with Crippen LogP contribution in [0.4, 0.5) is 11.4 Å². The zero-order chi connectivity index (χ0) is 34.7. The number of hydrogen-bond donors (Lipinski definition) is 1. The lowest BCUT2D eigenvalue weighted by molar-refractivity contribution is -0.663. The van der Waals surface area contributed by atoms with Crippen LogP contribution in [0.15, 0.2) is 109 Å². The molecule has 1 aliphatic heterocycles. The first kappa shape index (κ1) is 33.3. The topological polar surface area (TPSA) is 122 Å². The number of para-hydroxylation sites is 2. The predicted molar refractivity (Wildman–Crippen MR) is 187 cm³/mol. The fourth-order valence-electron chi connectivity index (χ4n) is 6.90. The molecule has 0 saturated heterocycles. The number of esters is 1. The molecule has 49 heavy (non-hydrogen) atoms. The minimum Gasteiger partial charge on any atom is -0.462 e. The van der Waals surface area contributed by atoms with E-state index in [1.807, 2.05) is 72.4 Å². The van der Waals surface area contributed by atoms with Gasteiger partial charge in [-0.05, 0) is 72.8 Å². The zero-order valence-electron chi connectivity index (χ0n) is 27.1. The van der Waals surface area contributed by atoms with Crippen LogP contribution in [0.3, 0.4) is 0 Å². The number of carbonyl (C=O) groups excluding carboxylic acids is 2. The second-order valence-electron chi connectivity index (χ2n) is 11.9. The van der Waals surface area contributed by atoms with Crippen LogP contribution in [-0.2, 0) is 26.3 Å². The highest BCUT2D eigenvalue weighted by Crippen LogP contribution is 2.55. The highest BCUT2D eigenvalue weighted by molar-refractivity contribution is 6.31. The van der Waals surface area contributed by atoms with Crippen molar-refractivity contribution in [1.82, 2.24) is 4.57 Å². The number of rotatable bonds is 12. The Bertz CT molecular complexity index is 2110. The van der Waals surface area contributed by atoms with Gasteiger partial charge in [0.1, 0.15) is 12.1 Å². The molecule has 2 atom stereocenters. The second kappa shape index (κ2) is 13.9. The van der Waals surface area contributed by atoms with Crippen LogP contribution < -0.4 is 9.47 Å². The van der Waals surface area contributed by atoms with Gasteiger partial charge in [-0.3, -0.25) is 20.3 Å². The highest BCUT2D eigenvalue weighted by Gasteiger charge is 2.64. The quantitative estimate of drug-likeness (QED) is 0.0383. The number of fused-ring (bicyclic) bond motifs is 2. The van der Waals surface area contributed by atoms with Crippen molar-refractivity contribution in [3.8, 4) is 0 Å². The van der Waals surface area contributed by atoms with Crippen molar-refractivity contribution in [2.75, 3.05) is 18.1 Å². The van der Waals surface area contributed by atoms with Crippen molar-refractivity contribution >= 4 is 51.8 Å². The molecule has 1 aliphatic rings. The normalized spacial score (nSPS) is 15.9. The Labute approximate surface area is 288 Å². The molecule has 1 aromatic heterocycles. The van der Waals surface area contributed by atoms with Gasteiger partial charge in [-0.1, -0.05) is 67.4 Å². The summed E-state index contributed by atoms with van der Waals surface area (Å²) >= 11 is 6.67. The third-order valence-corrected chi connectivity index (χ3v) is 9.26. The number of amides is 1. The summed E-state index contributed by atoms with van der Waals surface area (Å²) in [5.41, 5.74) is 1.76. The minimum atomic E-state index is -1.91. The number of unbranched alkanes of at least 4 members (excludes halogenated alkanes) is 1. The molecule has 1 amide bonds. The van der Waals surface area contributed by atoms with Crippen LogP contribution in [0.2, 0.25) is 5.02 Å². The van der Waals surface area contributed by atoms with Crippen LogP contribution in [0.25, 0.3) is 11.0 Å². The van der Waals surface area contributed by atoms with Gasteiger partial charge in [-0.25, -0.2) is 13.9 Å². The van der Waals surface area contributed by atoms with Gasteiger partial charge in [0.25, 0.3) is 5.69 Å². The van der Waals surface area contributed by atoms with Crippen LogP contribution in [0.5, 0.6) is 0 Å². The van der Waals surface area contributed by atoms with Crippen LogP contribution in [-0.4, -0.2) is 40.4 Å². The van der Waals surface area contributed by atoms with E-state index in [9.17, 15) is 14.9 Å². The van der Waals surface area contributed by atoms with Gasteiger partial charge >= 0.3 is 5.97 Å². The van der Waals surface area contributed by atoms with Crippen LogP contribution in [0.1, 0.15) is 49.4 Å². The smallest absolute Gasteiger partial charge is 0.345 e. The van der Waals surface area contributed by atoms with Gasteiger partial charge in [0.15, 0.2) is 22.5 Å². The van der Waals surface area contributed by atoms with Crippen molar-refractivity contribution in [1.29, 1.82) is 5.41 Å². The lowest BCUT2D eigenvalue weighted by atomic mass is 9.67. The van der Waals surface area contributed by atoms with Gasteiger partial charge in [-0.2, -0.15) is 0 Å². The molecule has 0 spiro atoms. The minimum absolute atomic E-state index is 0.00194. The number of nitro benzene ring substituents is 1. The maximum Gasteiger partial charge on any atom is 0.345 e. The molecule has 248 valence electrons. The first-order valence-corrected chi connectivity index (χ1v) is 16.5. The number of benzene rings is 4. The largest absolute Gasteiger partial charge is 0.462 e. The van der Waals surface area contributed by atoms with E-state index in [4.69, 9.17) is 21.7 Å². The Balaban J connectivity index is 1.74. The molecule has 0 radical (unpaired) electrons. The Morgan fingerprint density at radius 3 is 2.43 bits per heavy atom. The molecule has 1 N–H and O–H groups in total.